The Morgan fingerprint density at radius 2 is 2.00 bits per heavy atom. The highest BCUT2D eigenvalue weighted by Gasteiger charge is 2.11. The first-order valence-electron chi connectivity index (χ1n) is 6.79. The van der Waals surface area contributed by atoms with Crippen molar-refractivity contribution in [2.24, 2.45) is 0 Å². The van der Waals surface area contributed by atoms with Crippen LogP contribution in [-0.2, 0) is 11.3 Å². The molecular formula is C16H21NOS. The standard InChI is InChI=1S/C16H21NOS/c1-2-10-17-12-16(14-7-4-3-5-8-14)18-13-15-9-6-11-19-15/h3-9,11,16-17H,2,10,12-13H2,1H3. The van der Waals surface area contributed by atoms with Crippen molar-refractivity contribution in [1.29, 1.82) is 0 Å². The molecule has 1 N–H and O–H groups in total. The summed E-state index contributed by atoms with van der Waals surface area (Å²) >= 11 is 1.74. The molecule has 19 heavy (non-hydrogen) atoms. The number of benzene rings is 1. The van der Waals surface area contributed by atoms with Gasteiger partial charge in [0.25, 0.3) is 0 Å². The molecule has 0 spiro atoms. The lowest BCUT2D eigenvalue weighted by molar-refractivity contribution is 0.0415. The first kappa shape index (κ1) is 14.3. The highest BCUT2D eigenvalue weighted by atomic mass is 32.1. The molecule has 0 fully saturated rings. The van der Waals surface area contributed by atoms with E-state index in [9.17, 15) is 0 Å². The first-order valence-corrected chi connectivity index (χ1v) is 7.67. The Balaban J connectivity index is 1.93. The summed E-state index contributed by atoms with van der Waals surface area (Å²) in [6, 6.07) is 14.6. The fourth-order valence-electron chi connectivity index (χ4n) is 1.93. The van der Waals surface area contributed by atoms with Gasteiger partial charge < -0.3 is 10.1 Å². The van der Waals surface area contributed by atoms with Crippen molar-refractivity contribution < 1.29 is 4.74 Å². The molecule has 0 radical (unpaired) electrons. The highest BCUT2D eigenvalue weighted by molar-refractivity contribution is 7.09. The van der Waals surface area contributed by atoms with Crippen LogP contribution < -0.4 is 5.32 Å². The average molecular weight is 275 g/mol. The van der Waals surface area contributed by atoms with Crippen LogP contribution in [0.2, 0.25) is 0 Å². The monoisotopic (exact) mass is 275 g/mol. The predicted molar refractivity (Wildman–Crippen MR) is 81.5 cm³/mol. The molecule has 0 aliphatic heterocycles. The molecule has 2 nitrogen and oxygen atoms in total. The van der Waals surface area contributed by atoms with Gasteiger partial charge in [-0.3, -0.25) is 0 Å². The Kier molecular flexibility index (Phi) is 6.08. The van der Waals surface area contributed by atoms with Crippen molar-refractivity contribution in [2.75, 3.05) is 13.1 Å². The molecule has 1 aromatic heterocycles. The zero-order chi connectivity index (χ0) is 13.3. The van der Waals surface area contributed by atoms with Crippen LogP contribution in [0.3, 0.4) is 0 Å². The summed E-state index contributed by atoms with van der Waals surface area (Å²) in [5, 5.41) is 5.53. The van der Waals surface area contributed by atoms with Crippen molar-refractivity contribution in [3.63, 3.8) is 0 Å². The predicted octanol–water partition coefficient (Wildman–Crippen LogP) is 4.01. The molecule has 0 bridgehead atoms. The van der Waals surface area contributed by atoms with Gasteiger partial charge in [-0.25, -0.2) is 0 Å². The van der Waals surface area contributed by atoms with Gasteiger partial charge in [-0.2, -0.15) is 0 Å². The number of ether oxygens (including phenoxy) is 1. The van der Waals surface area contributed by atoms with E-state index in [0.29, 0.717) is 6.61 Å². The number of thiophene rings is 1. The zero-order valence-corrected chi connectivity index (χ0v) is 12.2. The molecule has 3 heteroatoms. The minimum atomic E-state index is 0.120. The fraction of sp³-hybridized carbons (Fsp3) is 0.375. The van der Waals surface area contributed by atoms with Gasteiger partial charge >= 0.3 is 0 Å². The third kappa shape index (κ3) is 4.78. The summed E-state index contributed by atoms with van der Waals surface area (Å²) in [7, 11) is 0. The van der Waals surface area contributed by atoms with Crippen LogP contribution in [-0.4, -0.2) is 13.1 Å². The molecular weight excluding hydrogens is 254 g/mol. The third-order valence-corrected chi connectivity index (χ3v) is 3.78. The Morgan fingerprint density at radius 1 is 1.16 bits per heavy atom. The quantitative estimate of drug-likeness (QED) is 0.735. The van der Waals surface area contributed by atoms with Gasteiger partial charge in [0.2, 0.25) is 0 Å². The van der Waals surface area contributed by atoms with Gasteiger partial charge in [0, 0.05) is 11.4 Å². The normalized spacial score (nSPS) is 12.5. The fourth-order valence-corrected chi connectivity index (χ4v) is 2.55. The first-order chi connectivity index (χ1) is 9.40. The topological polar surface area (TPSA) is 21.3 Å². The maximum Gasteiger partial charge on any atom is 0.0954 e. The molecule has 1 unspecified atom stereocenters. The second kappa shape index (κ2) is 8.10. The molecule has 0 aliphatic carbocycles. The molecule has 2 rings (SSSR count). The smallest absolute Gasteiger partial charge is 0.0954 e. The average Bonchev–Trinajstić information content (AvgIpc) is 2.97. The molecule has 0 aliphatic rings. The third-order valence-electron chi connectivity index (χ3n) is 2.93. The SMILES string of the molecule is CCCNCC(OCc1cccs1)c1ccccc1. The van der Waals surface area contributed by atoms with Gasteiger partial charge in [0.15, 0.2) is 0 Å². The van der Waals surface area contributed by atoms with Crippen LogP contribution in [0.5, 0.6) is 0 Å². The van der Waals surface area contributed by atoms with Gasteiger partial charge in [-0.05, 0) is 30.0 Å². The molecule has 2 aromatic rings. The molecule has 0 saturated carbocycles. The van der Waals surface area contributed by atoms with E-state index >= 15 is 0 Å². The summed E-state index contributed by atoms with van der Waals surface area (Å²) in [6.07, 6.45) is 1.27. The van der Waals surface area contributed by atoms with Crippen LogP contribution in [0.25, 0.3) is 0 Å². The minimum absolute atomic E-state index is 0.120. The van der Waals surface area contributed by atoms with Crippen LogP contribution in [0.15, 0.2) is 47.8 Å². The van der Waals surface area contributed by atoms with Crippen LogP contribution in [0, 0.1) is 0 Å². The number of rotatable bonds is 8. The Hall–Kier alpha value is -1.16. The van der Waals surface area contributed by atoms with Crippen molar-refractivity contribution in [3.8, 4) is 0 Å². The van der Waals surface area contributed by atoms with E-state index in [2.05, 4.69) is 54.0 Å². The summed E-state index contributed by atoms with van der Waals surface area (Å²) in [5.74, 6) is 0. The molecule has 1 atom stereocenters. The zero-order valence-electron chi connectivity index (χ0n) is 11.3. The van der Waals surface area contributed by atoms with E-state index < -0.39 is 0 Å². The van der Waals surface area contributed by atoms with E-state index in [4.69, 9.17) is 4.74 Å². The Bertz CT molecular complexity index is 441. The van der Waals surface area contributed by atoms with Gasteiger partial charge in [0.1, 0.15) is 0 Å². The highest BCUT2D eigenvalue weighted by Crippen LogP contribution is 2.20. The summed E-state index contributed by atoms with van der Waals surface area (Å²) in [4.78, 5) is 1.27. The van der Waals surface area contributed by atoms with Gasteiger partial charge in [-0.1, -0.05) is 43.3 Å². The molecule has 0 saturated heterocycles. The minimum Gasteiger partial charge on any atom is -0.367 e. The van der Waals surface area contributed by atoms with E-state index in [1.54, 1.807) is 11.3 Å². The van der Waals surface area contributed by atoms with E-state index in [0.717, 1.165) is 19.5 Å². The van der Waals surface area contributed by atoms with Crippen molar-refractivity contribution >= 4 is 11.3 Å². The van der Waals surface area contributed by atoms with Crippen molar-refractivity contribution in [1.82, 2.24) is 5.32 Å². The molecule has 102 valence electrons. The number of hydrogen-bond donors (Lipinski definition) is 1. The number of nitrogens with one attached hydrogen (secondary N) is 1. The number of hydrogen-bond acceptors (Lipinski definition) is 3. The molecule has 1 heterocycles. The maximum atomic E-state index is 6.07. The lowest BCUT2D eigenvalue weighted by Gasteiger charge is -2.18. The van der Waals surface area contributed by atoms with Crippen molar-refractivity contribution in [2.45, 2.75) is 26.1 Å². The Labute approximate surface area is 119 Å². The molecule has 0 amide bonds. The second-order valence-corrected chi connectivity index (χ2v) is 5.53. The van der Waals surface area contributed by atoms with E-state index in [-0.39, 0.29) is 6.10 Å². The van der Waals surface area contributed by atoms with E-state index in [1.807, 2.05) is 6.07 Å². The van der Waals surface area contributed by atoms with Crippen molar-refractivity contribution in [3.05, 3.63) is 58.3 Å². The lowest BCUT2D eigenvalue weighted by atomic mass is 10.1. The molecule has 1 aromatic carbocycles. The largest absolute Gasteiger partial charge is 0.367 e. The van der Waals surface area contributed by atoms with Crippen LogP contribution in [0.4, 0.5) is 0 Å². The maximum absolute atomic E-state index is 6.07. The summed E-state index contributed by atoms with van der Waals surface area (Å²) < 4.78 is 6.07. The lowest BCUT2D eigenvalue weighted by Crippen LogP contribution is -2.24. The van der Waals surface area contributed by atoms with Crippen LogP contribution >= 0.6 is 11.3 Å². The second-order valence-electron chi connectivity index (χ2n) is 4.49. The van der Waals surface area contributed by atoms with E-state index in [1.165, 1.54) is 10.4 Å². The van der Waals surface area contributed by atoms with Gasteiger partial charge in [0.05, 0.1) is 12.7 Å². The van der Waals surface area contributed by atoms with Gasteiger partial charge in [-0.15, -0.1) is 11.3 Å². The Morgan fingerprint density at radius 3 is 2.68 bits per heavy atom. The van der Waals surface area contributed by atoms with Crippen LogP contribution in [0.1, 0.15) is 29.9 Å². The summed E-state index contributed by atoms with van der Waals surface area (Å²) in [6.45, 7) is 4.76. The summed E-state index contributed by atoms with van der Waals surface area (Å²) in [5.41, 5.74) is 1.24.